The zero-order chi connectivity index (χ0) is 21.2. The zero-order valence-corrected chi connectivity index (χ0v) is 16.6. The first kappa shape index (κ1) is 21.8. The predicted octanol–water partition coefficient (Wildman–Crippen LogP) is 3.01. The second-order valence-electron chi connectivity index (χ2n) is 5.59. The van der Waals surface area contributed by atoms with Gasteiger partial charge in [0, 0.05) is 28.8 Å². The first-order valence-electron chi connectivity index (χ1n) is 8.38. The van der Waals surface area contributed by atoms with E-state index in [2.05, 4.69) is 10.6 Å². The van der Waals surface area contributed by atoms with Gasteiger partial charge in [0.05, 0.1) is 25.7 Å². The van der Waals surface area contributed by atoms with Gasteiger partial charge in [-0.2, -0.15) is 0 Å². The average molecular weight is 416 g/mol. The van der Waals surface area contributed by atoms with Crippen LogP contribution >= 0.6 is 11.8 Å². The fourth-order valence-corrected chi connectivity index (χ4v) is 2.99. The Labute approximate surface area is 171 Å². The molecule has 0 atom stereocenters. The lowest BCUT2D eigenvalue weighted by atomic mass is 10.2. The van der Waals surface area contributed by atoms with Gasteiger partial charge in [-0.25, -0.2) is 4.79 Å². The quantitative estimate of drug-likeness (QED) is 0.425. The lowest BCUT2D eigenvalue weighted by Gasteiger charge is -2.11. The smallest absolute Gasteiger partial charge is 0.328 e. The van der Waals surface area contributed by atoms with Gasteiger partial charge in [-0.15, -0.1) is 11.8 Å². The maximum atomic E-state index is 12.3. The largest absolute Gasteiger partial charge is 0.497 e. The van der Waals surface area contributed by atoms with Crippen molar-refractivity contribution < 1.29 is 29.0 Å². The molecule has 0 aliphatic carbocycles. The molecule has 3 N–H and O–H groups in total. The van der Waals surface area contributed by atoms with Gasteiger partial charge in [0.25, 0.3) is 0 Å². The lowest BCUT2D eigenvalue weighted by Crippen LogP contribution is -2.14. The molecular weight excluding hydrogens is 396 g/mol. The van der Waals surface area contributed by atoms with E-state index >= 15 is 0 Å². The molecule has 2 rings (SSSR count). The number of rotatable bonds is 9. The van der Waals surface area contributed by atoms with Gasteiger partial charge in [-0.1, -0.05) is 6.07 Å². The second kappa shape index (κ2) is 10.8. The number of anilines is 2. The average Bonchev–Trinajstić information content (AvgIpc) is 2.71. The number of benzene rings is 2. The summed E-state index contributed by atoms with van der Waals surface area (Å²) in [4.78, 5) is 35.1. The van der Waals surface area contributed by atoms with E-state index in [4.69, 9.17) is 14.6 Å². The summed E-state index contributed by atoms with van der Waals surface area (Å²) in [5.74, 6) is -0.737. The second-order valence-corrected chi connectivity index (χ2v) is 6.64. The molecule has 8 nitrogen and oxygen atoms in total. The number of carbonyl (C=O) groups excluding carboxylic acids is 2. The minimum Gasteiger partial charge on any atom is -0.497 e. The number of thioether (sulfide) groups is 1. The van der Waals surface area contributed by atoms with Crippen LogP contribution < -0.4 is 20.1 Å². The van der Waals surface area contributed by atoms with E-state index in [9.17, 15) is 14.4 Å². The lowest BCUT2D eigenvalue weighted by molar-refractivity contribution is -0.131. The minimum absolute atomic E-state index is 0.144. The number of carboxylic acids is 1. The van der Waals surface area contributed by atoms with Gasteiger partial charge >= 0.3 is 5.97 Å². The summed E-state index contributed by atoms with van der Waals surface area (Å²) in [5.41, 5.74) is 1.03. The first-order valence-corrected chi connectivity index (χ1v) is 9.36. The van der Waals surface area contributed by atoms with Crippen molar-refractivity contribution in [2.45, 2.75) is 4.90 Å². The summed E-state index contributed by atoms with van der Waals surface area (Å²) in [5, 5.41) is 13.9. The summed E-state index contributed by atoms with van der Waals surface area (Å²) in [6, 6.07) is 12.0. The highest BCUT2D eigenvalue weighted by molar-refractivity contribution is 8.00. The van der Waals surface area contributed by atoms with Crippen molar-refractivity contribution in [1.29, 1.82) is 0 Å². The number of ether oxygens (including phenoxy) is 2. The van der Waals surface area contributed by atoms with E-state index in [1.165, 1.54) is 18.9 Å². The maximum absolute atomic E-state index is 12.3. The fourth-order valence-electron chi connectivity index (χ4n) is 2.23. The Bertz CT molecular complexity index is 929. The predicted molar refractivity (Wildman–Crippen MR) is 111 cm³/mol. The van der Waals surface area contributed by atoms with Crippen LogP contribution in [-0.2, 0) is 14.4 Å². The Hall–Kier alpha value is -3.46. The van der Waals surface area contributed by atoms with Crippen molar-refractivity contribution >= 4 is 40.9 Å². The third-order valence-electron chi connectivity index (χ3n) is 3.53. The van der Waals surface area contributed by atoms with Crippen LogP contribution in [0.2, 0.25) is 0 Å². The van der Waals surface area contributed by atoms with Crippen molar-refractivity contribution in [3.63, 3.8) is 0 Å². The minimum atomic E-state index is -1.20. The molecule has 0 aliphatic rings. The summed E-state index contributed by atoms with van der Waals surface area (Å²) in [7, 11) is 3.05. The maximum Gasteiger partial charge on any atom is 0.328 e. The number of carbonyl (C=O) groups is 3. The Morgan fingerprint density at radius 3 is 2.52 bits per heavy atom. The molecule has 2 aromatic rings. The normalized spacial score (nSPS) is 10.4. The molecule has 0 radical (unpaired) electrons. The fraction of sp³-hybridized carbons (Fsp3) is 0.150. The van der Waals surface area contributed by atoms with Crippen molar-refractivity contribution in [3.05, 3.63) is 54.6 Å². The van der Waals surface area contributed by atoms with Crippen LogP contribution in [0.4, 0.5) is 11.4 Å². The summed E-state index contributed by atoms with van der Waals surface area (Å²) in [6.45, 7) is 0. The van der Waals surface area contributed by atoms with E-state index in [0.29, 0.717) is 22.9 Å². The number of aliphatic carboxylic acids is 1. The molecule has 2 amide bonds. The van der Waals surface area contributed by atoms with Gasteiger partial charge < -0.3 is 25.2 Å². The third kappa shape index (κ3) is 7.23. The molecule has 29 heavy (non-hydrogen) atoms. The number of carboxylic acid groups (broad SMARTS) is 1. The number of nitrogens with one attached hydrogen (secondary N) is 2. The van der Waals surface area contributed by atoms with Gasteiger partial charge in [0.15, 0.2) is 0 Å². The Morgan fingerprint density at radius 1 is 1.03 bits per heavy atom. The van der Waals surface area contributed by atoms with Gasteiger partial charge in [0.1, 0.15) is 11.5 Å². The molecule has 0 bridgehead atoms. The summed E-state index contributed by atoms with van der Waals surface area (Å²) < 4.78 is 10.4. The molecule has 0 spiro atoms. The van der Waals surface area contributed by atoms with Crippen LogP contribution in [0.15, 0.2) is 59.5 Å². The highest BCUT2D eigenvalue weighted by Crippen LogP contribution is 2.29. The Morgan fingerprint density at radius 2 is 1.83 bits per heavy atom. The van der Waals surface area contributed by atoms with Crippen LogP contribution in [0.5, 0.6) is 11.5 Å². The van der Waals surface area contributed by atoms with E-state index in [1.54, 1.807) is 49.6 Å². The molecule has 0 saturated carbocycles. The van der Waals surface area contributed by atoms with E-state index in [-0.39, 0.29) is 11.7 Å². The SMILES string of the molecule is COc1ccc(NC(=O)CSc2cccc(NC(=O)/C=C/C(=O)O)c2)c(OC)c1. The van der Waals surface area contributed by atoms with Crippen LogP contribution in [0, 0.1) is 0 Å². The van der Waals surface area contributed by atoms with Crippen LogP contribution in [0.25, 0.3) is 0 Å². The number of methoxy groups -OCH3 is 2. The van der Waals surface area contributed by atoms with Crippen molar-refractivity contribution in [1.82, 2.24) is 0 Å². The molecule has 0 aliphatic heterocycles. The van der Waals surface area contributed by atoms with Crippen LogP contribution in [-0.4, -0.2) is 42.9 Å². The summed E-state index contributed by atoms with van der Waals surface area (Å²) >= 11 is 1.29. The van der Waals surface area contributed by atoms with Crippen molar-refractivity contribution in [2.75, 3.05) is 30.6 Å². The molecule has 152 valence electrons. The molecule has 9 heteroatoms. The van der Waals surface area contributed by atoms with Crippen molar-refractivity contribution in [2.24, 2.45) is 0 Å². The zero-order valence-electron chi connectivity index (χ0n) is 15.8. The number of amides is 2. The highest BCUT2D eigenvalue weighted by Gasteiger charge is 2.10. The highest BCUT2D eigenvalue weighted by atomic mass is 32.2. The molecule has 0 unspecified atom stereocenters. The molecule has 0 heterocycles. The number of hydrogen-bond donors (Lipinski definition) is 3. The van der Waals surface area contributed by atoms with E-state index < -0.39 is 11.9 Å². The van der Waals surface area contributed by atoms with Crippen LogP contribution in [0.1, 0.15) is 0 Å². The monoisotopic (exact) mass is 416 g/mol. The molecule has 0 fully saturated rings. The Balaban J connectivity index is 1.93. The Kier molecular flexibility index (Phi) is 8.11. The van der Waals surface area contributed by atoms with Gasteiger partial charge in [0.2, 0.25) is 11.8 Å². The van der Waals surface area contributed by atoms with Gasteiger partial charge in [-0.3, -0.25) is 9.59 Å². The van der Waals surface area contributed by atoms with E-state index in [1.807, 2.05) is 0 Å². The van der Waals surface area contributed by atoms with Gasteiger partial charge in [-0.05, 0) is 30.3 Å². The number of hydrogen-bond acceptors (Lipinski definition) is 6. The third-order valence-corrected chi connectivity index (χ3v) is 4.53. The first-order chi connectivity index (χ1) is 13.9. The standard InChI is InChI=1S/C20H20N2O6S/c1-27-14-6-7-16(17(11-14)28-2)22-19(24)12-29-15-5-3-4-13(10-15)21-18(23)8-9-20(25)26/h3-11H,12H2,1-2H3,(H,21,23)(H,22,24)(H,25,26)/b9-8+. The molecular formula is C20H20N2O6S. The molecule has 0 aromatic heterocycles. The molecule has 0 saturated heterocycles. The van der Waals surface area contributed by atoms with E-state index in [0.717, 1.165) is 17.0 Å². The van der Waals surface area contributed by atoms with Crippen LogP contribution in [0.3, 0.4) is 0 Å². The van der Waals surface area contributed by atoms with Crippen molar-refractivity contribution in [3.8, 4) is 11.5 Å². The molecule has 2 aromatic carbocycles. The topological polar surface area (TPSA) is 114 Å². The summed E-state index contributed by atoms with van der Waals surface area (Å²) in [6.07, 6.45) is 1.68.